The van der Waals surface area contributed by atoms with Gasteiger partial charge in [-0.2, -0.15) is 9.57 Å². The summed E-state index contributed by atoms with van der Waals surface area (Å²) in [6, 6.07) is 5.27. The highest BCUT2D eigenvalue weighted by atomic mass is 32.2. The molecule has 0 aliphatic heterocycles. The lowest BCUT2D eigenvalue weighted by atomic mass is 10.2. The van der Waals surface area contributed by atoms with Crippen molar-refractivity contribution in [3.63, 3.8) is 0 Å². The molecule has 1 unspecified atom stereocenters. The van der Waals surface area contributed by atoms with Crippen LogP contribution in [0.15, 0.2) is 23.1 Å². The summed E-state index contributed by atoms with van der Waals surface area (Å²) in [6.45, 7) is 1.56. The summed E-state index contributed by atoms with van der Waals surface area (Å²) in [7, 11) is -1.41. The Morgan fingerprint density at radius 3 is 2.62 bits per heavy atom. The van der Waals surface area contributed by atoms with Crippen molar-refractivity contribution < 1.29 is 18.1 Å². The maximum Gasteiger partial charge on any atom is 0.271 e. The van der Waals surface area contributed by atoms with Gasteiger partial charge in [-0.15, -0.1) is 0 Å². The molecule has 9 heteroatoms. The summed E-state index contributed by atoms with van der Waals surface area (Å²) in [5.74, 6) is -0.494. The van der Waals surface area contributed by atoms with Gasteiger partial charge in [-0.3, -0.25) is 10.1 Å². The predicted molar refractivity (Wildman–Crippen MR) is 74.2 cm³/mol. The summed E-state index contributed by atoms with van der Waals surface area (Å²) in [5, 5.41) is 19.5. The third kappa shape index (κ3) is 3.68. The fraction of sp³-hybridized carbons (Fsp3) is 0.417. The molecule has 0 spiro atoms. The SMILES string of the molecule is COc1ccc([N+](=O)[O-])cc1S(=O)(=O)N(C)CC(C)C#N. The maximum absolute atomic E-state index is 12.5. The lowest BCUT2D eigenvalue weighted by Gasteiger charge is -2.19. The first-order valence-electron chi connectivity index (χ1n) is 5.92. The Hall–Kier alpha value is -2.18. The number of nitrogens with zero attached hydrogens (tertiary/aromatic N) is 3. The molecule has 0 N–H and O–H groups in total. The van der Waals surface area contributed by atoms with Crippen LogP contribution in [0.25, 0.3) is 0 Å². The van der Waals surface area contributed by atoms with E-state index in [2.05, 4.69) is 0 Å². The molecule has 1 aromatic rings. The Morgan fingerprint density at radius 1 is 1.52 bits per heavy atom. The number of nitro benzene ring substituents is 1. The summed E-state index contributed by atoms with van der Waals surface area (Å²) in [5.41, 5.74) is -0.351. The van der Waals surface area contributed by atoms with Crippen LogP contribution < -0.4 is 4.74 Å². The topological polar surface area (TPSA) is 114 Å². The number of rotatable bonds is 6. The monoisotopic (exact) mass is 313 g/mol. The number of nitriles is 1. The van der Waals surface area contributed by atoms with Gasteiger partial charge in [-0.25, -0.2) is 8.42 Å². The van der Waals surface area contributed by atoms with E-state index in [9.17, 15) is 18.5 Å². The Labute approximate surface area is 122 Å². The van der Waals surface area contributed by atoms with Gasteiger partial charge in [0.2, 0.25) is 10.0 Å². The third-order valence-electron chi connectivity index (χ3n) is 2.80. The summed E-state index contributed by atoms with van der Waals surface area (Å²) in [6.07, 6.45) is 0. The van der Waals surface area contributed by atoms with Crippen molar-refractivity contribution in [1.29, 1.82) is 5.26 Å². The van der Waals surface area contributed by atoms with Crippen LogP contribution >= 0.6 is 0 Å². The third-order valence-corrected chi connectivity index (χ3v) is 4.64. The smallest absolute Gasteiger partial charge is 0.271 e. The number of hydrogen-bond donors (Lipinski definition) is 0. The molecule has 1 aromatic carbocycles. The minimum absolute atomic E-state index is 0.0112. The van der Waals surface area contributed by atoms with Gasteiger partial charge >= 0.3 is 0 Å². The molecule has 0 bridgehead atoms. The van der Waals surface area contributed by atoms with Crippen molar-refractivity contribution in [3.05, 3.63) is 28.3 Å². The van der Waals surface area contributed by atoms with Crippen LogP contribution in [0.2, 0.25) is 0 Å². The van der Waals surface area contributed by atoms with E-state index >= 15 is 0 Å². The average molecular weight is 313 g/mol. The Kier molecular flexibility index (Phi) is 5.23. The van der Waals surface area contributed by atoms with Gasteiger partial charge in [0.25, 0.3) is 5.69 Å². The zero-order chi connectivity index (χ0) is 16.2. The molecule has 1 rings (SSSR count). The first-order valence-corrected chi connectivity index (χ1v) is 7.36. The second-order valence-electron chi connectivity index (χ2n) is 4.41. The molecule has 0 heterocycles. The number of ether oxygens (including phenoxy) is 1. The number of benzene rings is 1. The molecule has 114 valence electrons. The van der Waals surface area contributed by atoms with Crippen molar-refractivity contribution in [2.75, 3.05) is 20.7 Å². The molecule has 0 saturated carbocycles. The predicted octanol–water partition coefficient (Wildman–Crippen LogP) is 1.38. The van der Waals surface area contributed by atoms with E-state index in [0.29, 0.717) is 0 Å². The van der Waals surface area contributed by atoms with E-state index in [-0.39, 0.29) is 22.9 Å². The minimum atomic E-state index is -3.99. The Morgan fingerprint density at radius 2 is 2.14 bits per heavy atom. The van der Waals surface area contributed by atoms with Crippen LogP contribution in [0.4, 0.5) is 5.69 Å². The summed E-state index contributed by atoms with van der Waals surface area (Å²) in [4.78, 5) is 9.80. The van der Waals surface area contributed by atoms with E-state index in [1.54, 1.807) is 6.92 Å². The van der Waals surface area contributed by atoms with Gasteiger partial charge in [-0.05, 0) is 13.0 Å². The lowest BCUT2D eigenvalue weighted by molar-refractivity contribution is -0.385. The summed E-state index contributed by atoms with van der Waals surface area (Å²) < 4.78 is 30.8. The fourth-order valence-corrected chi connectivity index (χ4v) is 3.10. The molecule has 21 heavy (non-hydrogen) atoms. The van der Waals surface area contributed by atoms with Crippen LogP contribution in [0.5, 0.6) is 5.75 Å². The van der Waals surface area contributed by atoms with Gasteiger partial charge in [-0.1, -0.05) is 0 Å². The molecule has 0 aliphatic rings. The van der Waals surface area contributed by atoms with Crippen LogP contribution in [0.1, 0.15) is 6.92 Å². The Bertz CT molecular complexity index is 681. The van der Waals surface area contributed by atoms with Crippen LogP contribution in [-0.4, -0.2) is 38.3 Å². The second kappa shape index (κ2) is 6.51. The molecule has 0 aliphatic carbocycles. The summed E-state index contributed by atoms with van der Waals surface area (Å²) >= 11 is 0. The zero-order valence-corrected chi connectivity index (χ0v) is 12.6. The number of nitro groups is 1. The maximum atomic E-state index is 12.5. The Balaban J connectivity index is 3.32. The van der Waals surface area contributed by atoms with Gasteiger partial charge in [0.15, 0.2) is 0 Å². The zero-order valence-electron chi connectivity index (χ0n) is 11.8. The van der Waals surface area contributed by atoms with Gasteiger partial charge < -0.3 is 4.74 Å². The van der Waals surface area contributed by atoms with E-state index in [4.69, 9.17) is 10.00 Å². The van der Waals surface area contributed by atoms with E-state index in [1.165, 1.54) is 20.2 Å². The van der Waals surface area contributed by atoms with Crippen molar-refractivity contribution >= 4 is 15.7 Å². The molecule has 0 fully saturated rings. The molecular formula is C12H15N3O5S. The number of sulfonamides is 1. The van der Waals surface area contributed by atoms with E-state index in [1.807, 2.05) is 6.07 Å². The first kappa shape index (κ1) is 16.9. The number of non-ortho nitro benzene ring substituents is 1. The fourth-order valence-electron chi connectivity index (χ4n) is 1.67. The van der Waals surface area contributed by atoms with Crippen molar-refractivity contribution in [3.8, 4) is 11.8 Å². The largest absolute Gasteiger partial charge is 0.495 e. The molecule has 0 amide bonds. The highest BCUT2D eigenvalue weighted by Crippen LogP contribution is 2.30. The van der Waals surface area contributed by atoms with Gasteiger partial charge in [0.1, 0.15) is 10.6 Å². The van der Waals surface area contributed by atoms with Crippen LogP contribution in [0.3, 0.4) is 0 Å². The first-order chi connectivity index (χ1) is 9.73. The van der Waals surface area contributed by atoms with E-state index < -0.39 is 20.9 Å². The lowest BCUT2D eigenvalue weighted by Crippen LogP contribution is -2.31. The van der Waals surface area contributed by atoms with Crippen LogP contribution in [-0.2, 0) is 10.0 Å². The van der Waals surface area contributed by atoms with Gasteiger partial charge in [0, 0.05) is 25.7 Å². The van der Waals surface area contributed by atoms with E-state index in [0.717, 1.165) is 16.4 Å². The number of hydrogen-bond acceptors (Lipinski definition) is 6. The molecule has 0 radical (unpaired) electrons. The quantitative estimate of drug-likeness (QED) is 0.579. The minimum Gasteiger partial charge on any atom is -0.495 e. The molecule has 0 aromatic heterocycles. The normalized spacial score (nSPS) is 12.7. The second-order valence-corrected chi connectivity index (χ2v) is 6.42. The van der Waals surface area contributed by atoms with Crippen LogP contribution in [0, 0.1) is 27.4 Å². The molecule has 1 atom stereocenters. The van der Waals surface area contributed by atoms with Gasteiger partial charge in [0.05, 0.1) is 24.0 Å². The average Bonchev–Trinajstić information content (AvgIpc) is 2.45. The number of methoxy groups -OCH3 is 1. The van der Waals surface area contributed by atoms with Crippen molar-refractivity contribution in [2.45, 2.75) is 11.8 Å². The molecule has 8 nitrogen and oxygen atoms in total. The van der Waals surface area contributed by atoms with Crippen molar-refractivity contribution in [1.82, 2.24) is 4.31 Å². The standard InChI is InChI=1S/C12H15N3O5S/c1-9(7-13)8-14(2)21(18,19)12-6-10(15(16)17)4-5-11(12)20-3/h4-6,9H,8H2,1-3H3. The van der Waals surface area contributed by atoms with Crippen molar-refractivity contribution in [2.24, 2.45) is 5.92 Å². The molecule has 0 saturated heterocycles. The molecular weight excluding hydrogens is 298 g/mol. The highest BCUT2D eigenvalue weighted by Gasteiger charge is 2.28. The highest BCUT2D eigenvalue weighted by molar-refractivity contribution is 7.89.